The highest BCUT2D eigenvalue weighted by atomic mass is 19.1. The summed E-state index contributed by atoms with van der Waals surface area (Å²) in [4.78, 5) is 29.2. The van der Waals surface area contributed by atoms with Crippen LogP contribution in [0.3, 0.4) is 0 Å². The number of hydrogen-bond donors (Lipinski definition) is 0. The predicted molar refractivity (Wildman–Crippen MR) is 110 cm³/mol. The predicted octanol–water partition coefficient (Wildman–Crippen LogP) is 4.18. The number of aryl methyl sites for hydroxylation is 1. The van der Waals surface area contributed by atoms with E-state index in [1.54, 1.807) is 19.1 Å². The number of likely N-dealkylation sites (tertiary alicyclic amines) is 2. The van der Waals surface area contributed by atoms with Crippen LogP contribution in [-0.4, -0.2) is 41.2 Å². The molecule has 2 saturated heterocycles. The summed E-state index contributed by atoms with van der Waals surface area (Å²) in [5.41, 5.74) is 2.28. The van der Waals surface area contributed by atoms with Gasteiger partial charge in [-0.05, 0) is 60.9 Å². The van der Waals surface area contributed by atoms with Gasteiger partial charge in [0.05, 0.1) is 0 Å². The van der Waals surface area contributed by atoms with Crippen molar-refractivity contribution in [1.29, 1.82) is 0 Å². The zero-order chi connectivity index (χ0) is 20.4. The van der Waals surface area contributed by atoms with E-state index >= 15 is 0 Å². The van der Waals surface area contributed by atoms with Crippen LogP contribution in [0.25, 0.3) is 0 Å². The Morgan fingerprint density at radius 2 is 1.79 bits per heavy atom. The molecule has 0 aromatic heterocycles. The Kier molecular flexibility index (Phi) is 5.39. The third kappa shape index (κ3) is 4.19. The summed E-state index contributed by atoms with van der Waals surface area (Å²) in [6, 6.07) is 14.7. The van der Waals surface area contributed by atoms with Crippen LogP contribution in [0.4, 0.5) is 4.39 Å². The van der Waals surface area contributed by atoms with Gasteiger partial charge in [0.2, 0.25) is 5.91 Å². The van der Waals surface area contributed by atoms with Crippen molar-refractivity contribution in [2.45, 2.75) is 39.2 Å². The lowest BCUT2D eigenvalue weighted by atomic mass is 9.72. The van der Waals surface area contributed by atoms with Crippen LogP contribution in [0.1, 0.15) is 47.2 Å². The second kappa shape index (κ2) is 7.97. The maximum absolute atomic E-state index is 13.5. The zero-order valence-electron chi connectivity index (χ0n) is 16.9. The van der Waals surface area contributed by atoms with Gasteiger partial charge >= 0.3 is 0 Å². The van der Waals surface area contributed by atoms with E-state index in [0.29, 0.717) is 37.2 Å². The van der Waals surface area contributed by atoms with Crippen molar-refractivity contribution in [2.75, 3.05) is 19.6 Å². The average Bonchev–Trinajstić information content (AvgIpc) is 2.74. The van der Waals surface area contributed by atoms with Gasteiger partial charge in [-0.3, -0.25) is 9.59 Å². The first kappa shape index (κ1) is 19.6. The van der Waals surface area contributed by atoms with Crippen molar-refractivity contribution >= 4 is 11.8 Å². The number of hydrogen-bond acceptors (Lipinski definition) is 2. The minimum absolute atomic E-state index is 0.0315. The molecule has 0 radical (unpaired) electrons. The number of rotatable bonds is 3. The molecule has 0 aliphatic carbocycles. The van der Waals surface area contributed by atoms with Crippen molar-refractivity contribution in [2.24, 2.45) is 5.41 Å². The van der Waals surface area contributed by atoms with E-state index in [2.05, 4.69) is 12.1 Å². The molecule has 1 spiro atoms. The van der Waals surface area contributed by atoms with Gasteiger partial charge in [0, 0.05) is 38.2 Å². The van der Waals surface area contributed by atoms with E-state index < -0.39 is 0 Å². The molecule has 2 aromatic rings. The molecule has 0 bridgehead atoms. The highest BCUT2D eigenvalue weighted by Crippen LogP contribution is 2.40. The van der Waals surface area contributed by atoms with Crippen molar-refractivity contribution in [3.05, 3.63) is 71.0 Å². The molecular weight excluding hydrogens is 367 g/mol. The first-order valence-corrected chi connectivity index (χ1v) is 10.3. The van der Waals surface area contributed by atoms with E-state index in [1.165, 1.54) is 6.07 Å². The Hall–Kier alpha value is -2.69. The van der Waals surface area contributed by atoms with Gasteiger partial charge in [-0.1, -0.05) is 30.3 Å². The minimum atomic E-state index is -0.287. The monoisotopic (exact) mass is 394 g/mol. The number of amides is 2. The molecule has 5 heteroatoms. The molecule has 2 heterocycles. The summed E-state index contributed by atoms with van der Waals surface area (Å²) < 4.78 is 13.5. The number of benzene rings is 2. The fourth-order valence-electron chi connectivity index (χ4n) is 4.60. The summed E-state index contributed by atoms with van der Waals surface area (Å²) in [7, 11) is 0. The molecule has 4 rings (SSSR count). The molecule has 0 atom stereocenters. The normalized spacial score (nSPS) is 18.9. The summed E-state index contributed by atoms with van der Waals surface area (Å²) in [5, 5.41) is 0. The number of nitrogens with zero attached hydrogens (tertiary/aromatic N) is 2. The van der Waals surface area contributed by atoms with Crippen LogP contribution in [0.15, 0.2) is 48.5 Å². The van der Waals surface area contributed by atoms with Gasteiger partial charge in [0.15, 0.2) is 0 Å². The van der Waals surface area contributed by atoms with Crippen LogP contribution >= 0.6 is 0 Å². The highest BCUT2D eigenvalue weighted by Gasteiger charge is 2.41. The fraction of sp³-hybridized carbons (Fsp3) is 0.417. The molecule has 152 valence electrons. The van der Waals surface area contributed by atoms with Gasteiger partial charge in [-0.2, -0.15) is 0 Å². The van der Waals surface area contributed by atoms with E-state index in [-0.39, 0.29) is 23.0 Å². The van der Waals surface area contributed by atoms with Gasteiger partial charge < -0.3 is 9.80 Å². The smallest absolute Gasteiger partial charge is 0.253 e. The molecular formula is C24H27FN2O2. The second-order valence-electron chi connectivity index (χ2n) is 8.49. The summed E-state index contributed by atoms with van der Waals surface area (Å²) in [6.45, 7) is 4.46. The molecule has 4 nitrogen and oxygen atoms in total. The molecule has 29 heavy (non-hydrogen) atoms. The van der Waals surface area contributed by atoms with Crippen LogP contribution in [-0.2, 0) is 11.3 Å². The van der Waals surface area contributed by atoms with E-state index in [0.717, 1.165) is 31.4 Å². The molecule has 0 unspecified atom stereocenters. The average molecular weight is 394 g/mol. The van der Waals surface area contributed by atoms with Crippen molar-refractivity contribution in [3.8, 4) is 0 Å². The number of carbonyl (C=O) groups is 2. The molecule has 2 fully saturated rings. The van der Waals surface area contributed by atoms with Gasteiger partial charge in [-0.25, -0.2) is 4.39 Å². The van der Waals surface area contributed by atoms with E-state index in [4.69, 9.17) is 0 Å². The Labute approximate surface area is 171 Å². The molecule has 2 aliphatic rings. The molecule has 0 N–H and O–H groups in total. The summed E-state index contributed by atoms with van der Waals surface area (Å²) in [6.07, 6.45) is 3.28. The van der Waals surface area contributed by atoms with Gasteiger partial charge in [0.25, 0.3) is 5.91 Å². The van der Waals surface area contributed by atoms with Crippen molar-refractivity contribution in [3.63, 3.8) is 0 Å². The van der Waals surface area contributed by atoms with Crippen molar-refractivity contribution in [1.82, 2.24) is 9.80 Å². The van der Waals surface area contributed by atoms with Gasteiger partial charge in [-0.15, -0.1) is 0 Å². The third-order valence-corrected chi connectivity index (χ3v) is 6.48. The topological polar surface area (TPSA) is 40.6 Å². The first-order valence-electron chi connectivity index (χ1n) is 10.3. The number of carbonyl (C=O) groups excluding carboxylic acids is 2. The van der Waals surface area contributed by atoms with Crippen molar-refractivity contribution < 1.29 is 14.0 Å². The number of halogens is 1. The molecule has 2 aromatic carbocycles. The Morgan fingerprint density at radius 3 is 2.48 bits per heavy atom. The largest absolute Gasteiger partial charge is 0.339 e. The van der Waals surface area contributed by atoms with Crippen LogP contribution in [0.5, 0.6) is 0 Å². The van der Waals surface area contributed by atoms with Crippen LogP contribution in [0.2, 0.25) is 0 Å². The SMILES string of the molecule is Cc1cc(C(=O)N2CCC3(CCC(=O)N(Cc4ccccc4)C3)CC2)ccc1F. The Morgan fingerprint density at radius 1 is 1.07 bits per heavy atom. The highest BCUT2D eigenvalue weighted by molar-refractivity contribution is 5.94. The van der Waals surface area contributed by atoms with Crippen LogP contribution < -0.4 is 0 Å². The lowest BCUT2D eigenvalue weighted by Crippen LogP contribution is -2.52. The maximum Gasteiger partial charge on any atom is 0.253 e. The van der Waals surface area contributed by atoms with E-state index in [9.17, 15) is 14.0 Å². The Balaban J connectivity index is 1.40. The second-order valence-corrected chi connectivity index (χ2v) is 8.49. The Bertz CT molecular complexity index is 904. The lowest BCUT2D eigenvalue weighted by Gasteiger charge is -2.47. The summed E-state index contributed by atoms with van der Waals surface area (Å²) in [5.74, 6) is -0.0970. The molecule has 0 saturated carbocycles. The minimum Gasteiger partial charge on any atom is -0.339 e. The number of piperidine rings is 2. The van der Waals surface area contributed by atoms with E-state index in [1.807, 2.05) is 28.0 Å². The molecule has 2 aliphatic heterocycles. The van der Waals surface area contributed by atoms with Crippen LogP contribution in [0, 0.1) is 18.2 Å². The standard InChI is InChI=1S/C24H27FN2O2/c1-18-15-20(7-8-21(18)25)23(29)26-13-11-24(12-14-26)10-9-22(28)27(17-24)16-19-5-3-2-4-6-19/h2-8,15H,9-14,16-17H2,1H3. The lowest BCUT2D eigenvalue weighted by molar-refractivity contribution is -0.139. The quantitative estimate of drug-likeness (QED) is 0.784. The summed E-state index contributed by atoms with van der Waals surface area (Å²) >= 11 is 0. The van der Waals surface area contributed by atoms with Gasteiger partial charge in [0.1, 0.15) is 5.82 Å². The third-order valence-electron chi connectivity index (χ3n) is 6.48. The maximum atomic E-state index is 13.5. The fourth-order valence-corrected chi connectivity index (χ4v) is 4.60. The first-order chi connectivity index (χ1) is 14.0. The molecule has 2 amide bonds. The zero-order valence-corrected chi connectivity index (χ0v) is 16.9.